The minimum atomic E-state index is -1.05. The van der Waals surface area contributed by atoms with Crippen molar-refractivity contribution >= 4 is 39.3 Å². The average Bonchev–Trinajstić information content (AvgIpc) is 2.81. The van der Waals surface area contributed by atoms with Crippen LogP contribution in [0.1, 0.15) is 4.88 Å². The summed E-state index contributed by atoms with van der Waals surface area (Å²) >= 11 is 4.87. The van der Waals surface area contributed by atoms with Crippen LogP contribution in [0.2, 0.25) is 0 Å². The number of amides is 2. The molecule has 1 aromatic rings. The van der Waals surface area contributed by atoms with Crippen molar-refractivity contribution in [3.8, 4) is 0 Å². The van der Waals surface area contributed by atoms with E-state index < -0.39 is 12.0 Å². The van der Waals surface area contributed by atoms with Gasteiger partial charge >= 0.3 is 12.0 Å². The number of carboxylic acid groups (broad SMARTS) is 1. The van der Waals surface area contributed by atoms with E-state index in [1.807, 2.05) is 12.1 Å². The number of hydrogen-bond acceptors (Lipinski definition) is 4. The van der Waals surface area contributed by atoms with Crippen molar-refractivity contribution in [1.29, 1.82) is 0 Å². The molecule has 6 nitrogen and oxygen atoms in total. The highest BCUT2D eigenvalue weighted by Crippen LogP contribution is 2.21. The fraction of sp³-hybridized carbons (Fsp3) is 0.455. The van der Waals surface area contributed by atoms with Crippen LogP contribution >= 0.6 is 27.3 Å². The van der Waals surface area contributed by atoms with E-state index in [1.165, 1.54) is 16.2 Å². The molecule has 0 radical (unpaired) electrons. The van der Waals surface area contributed by atoms with E-state index in [9.17, 15) is 9.59 Å². The lowest BCUT2D eigenvalue weighted by molar-refractivity contribution is -0.147. The number of nitrogens with one attached hydrogen (secondary N) is 1. The molecule has 0 aromatic carbocycles. The minimum Gasteiger partial charge on any atom is -0.480 e. The number of carbonyl (C=O) groups excluding carboxylic acids is 1. The summed E-state index contributed by atoms with van der Waals surface area (Å²) in [6.45, 7) is 1.07. The molecule has 1 saturated heterocycles. The Kier molecular flexibility index (Phi) is 4.78. The average molecular weight is 349 g/mol. The van der Waals surface area contributed by atoms with Crippen LogP contribution in [0.3, 0.4) is 0 Å². The number of ether oxygens (including phenoxy) is 1. The Morgan fingerprint density at radius 2 is 2.37 bits per heavy atom. The second kappa shape index (κ2) is 6.36. The molecule has 1 atom stereocenters. The Bertz CT molecular complexity index is 479. The van der Waals surface area contributed by atoms with Crippen molar-refractivity contribution in [2.24, 2.45) is 0 Å². The number of thiophene rings is 1. The molecule has 8 heteroatoms. The van der Waals surface area contributed by atoms with E-state index in [2.05, 4.69) is 21.2 Å². The maximum absolute atomic E-state index is 12.0. The van der Waals surface area contributed by atoms with Crippen molar-refractivity contribution in [2.75, 3.05) is 19.8 Å². The maximum atomic E-state index is 12.0. The van der Waals surface area contributed by atoms with Gasteiger partial charge in [0.2, 0.25) is 0 Å². The lowest BCUT2D eigenvalue weighted by atomic mass is 10.2. The molecule has 2 N–H and O–H groups in total. The van der Waals surface area contributed by atoms with Crippen LogP contribution in [0.5, 0.6) is 0 Å². The molecule has 1 aromatic heterocycles. The van der Waals surface area contributed by atoms with Crippen molar-refractivity contribution in [3.63, 3.8) is 0 Å². The second-order valence-corrected chi connectivity index (χ2v) is 6.53. The third-order valence-corrected chi connectivity index (χ3v) is 4.34. The lowest BCUT2D eigenvalue weighted by Crippen LogP contribution is -2.55. The highest BCUT2D eigenvalue weighted by Gasteiger charge is 2.32. The predicted octanol–water partition coefficient (Wildman–Crippen LogP) is 1.51. The number of rotatable bonds is 3. The molecule has 104 valence electrons. The number of hydrogen-bond donors (Lipinski definition) is 2. The molecule has 1 aliphatic heterocycles. The first-order valence-electron chi connectivity index (χ1n) is 5.67. The zero-order chi connectivity index (χ0) is 13.8. The first-order valence-corrected chi connectivity index (χ1v) is 7.28. The zero-order valence-corrected chi connectivity index (χ0v) is 12.4. The van der Waals surface area contributed by atoms with Gasteiger partial charge in [0.15, 0.2) is 6.04 Å². The number of carboxylic acids is 1. The topological polar surface area (TPSA) is 78.9 Å². The van der Waals surface area contributed by atoms with Gasteiger partial charge in [-0.15, -0.1) is 11.3 Å². The maximum Gasteiger partial charge on any atom is 0.328 e. The fourth-order valence-electron chi connectivity index (χ4n) is 1.76. The Hall–Kier alpha value is -1.12. The van der Waals surface area contributed by atoms with Gasteiger partial charge in [0.1, 0.15) is 0 Å². The summed E-state index contributed by atoms with van der Waals surface area (Å²) in [6, 6.07) is 2.52. The number of halogens is 1. The summed E-state index contributed by atoms with van der Waals surface area (Å²) < 4.78 is 6.08. The second-order valence-electron chi connectivity index (χ2n) is 3.99. The molecule has 0 bridgehead atoms. The molecule has 0 saturated carbocycles. The van der Waals surface area contributed by atoms with Crippen molar-refractivity contribution in [2.45, 2.75) is 12.6 Å². The molecule has 0 aliphatic carbocycles. The number of aliphatic carboxylic acids is 1. The molecule has 2 amide bonds. The first kappa shape index (κ1) is 14.3. The molecule has 1 aliphatic rings. The van der Waals surface area contributed by atoms with E-state index >= 15 is 0 Å². The van der Waals surface area contributed by atoms with Crippen LogP contribution in [0.15, 0.2) is 15.9 Å². The van der Waals surface area contributed by atoms with Crippen LogP contribution in [0, 0.1) is 0 Å². The standard InChI is InChI=1S/C11H13BrN2O4S/c12-9-2-1-7(19-9)5-13-11(17)14-3-4-18-6-8(14)10(15)16/h1-2,8H,3-6H2,(H,13,17)(H,15,16). The molecule has 2 rings (SSSR count). The number of morpholine rings is 1. The van der Waals surface area contributed by atoms with Crippen LogP contribution < -0.4 is 5.32 Å². The van der Waals surface area contributed by atoms with E-state index in [0.717, 1.165) is 8.66 Å². The van der Waals surface area contributed by atoms with E-state index in [0.29, 0.717) is 13.2 Å². The van der Waals surface area contributed by atoms with Crippen LogP contribution in [-0.4, -0.2) is 47.8 Å². The van der Waals surface area contributed by atoms with Crippen molar-refractivity contribution in [3.05, 3.63) is 20.8 Å². The number of carbonyl (C=O) groups is 2. The Morgan fingerprint density at radius 1 is 1.58 bits per heavy atom. The fourth-order valence-corrected chi connectivity index (χ4v) is 3.19. The number of urea groups is 1. The molecule has 1 fully saturated rings. The zero-order valence-electron chi connectivity index (χ0n) is 9.97. The number of nitrogens with zero attached hydrogens (tertiary/aromatic N) is 1. The van der Waals surface area contributed by atoms with Crippen LogP contribution in [-0.2, 0) is 16.1 Å². The van der Waals surface area contributed by atoms with E-state index in [1.54, 1.807) is 0 Å². The summed E-state index contributed by atoms with van der Waals surface area (Å²) in [5, 5.41) is 11.8. The smallest absolute Gasteiger partial charge is 0.328 e. The van der Waals surface area contributed by atoms with Gasteiger partial charge in [-0.25, -0.2) is 9.59 Å². The highest BCUT2D eigenvalue weighted by atomic mass is 79.9. The van der Waals surface area contributed by atoms with Crippen LogP contribution in [0.4, 0.5) is 4.79 Å². The molecular formula is C11H13BrN2O4S. The van der Waals surface area contributed by atoms with Gasteiger partial charge in [0.25, 0.3) is 0 Å². The normalized spacial score (nSPS) is 19.2. The molecule has 2 heterocycles. The van der Waals surface area contributed by atoms with Gasteiger partial charge in [-0.2, -0.15) is 0 Å². The quantitative estimate of drug-likeness (QED) is 0.867. The molecule has 1 unspecified atom stereocenters. The highest BCUT2D eigenvalue weighted by molar-refractivity contribution is 9.11. The summed E-state index contributed by atoms with van der Waals surface area (Å²) in [4.78, 5) is 25.3. The van der Waals surface area contributed by atoms with Gasteiger partial charge in [-0.05, 0) is 28.1 Å². The predicted molar refractivity (Wildman–Crippen MR) is 73.2 cm³/mol. The Balaban J connectivity index is 1.92. The summed E-state index contributed by atoms with van der Waals surface area (Å²) in [7, 11) is 0. The van der Waals surface area contributed by atoms with E-state index in [-0.39, 0.29) is 19.2 Å². The van der Waals surface area contributed by atoms with Crippen molar-refractivity contribution < 1.29 is 19.4 Å². The van der Waals surface area contributed by atoms with Gasteiger partial charge in [0.05, 0.1) is 23.5 Å². The monoisotopic (exact) mass is 348 g/mol. The van der Waals surface area contributed by atoms with E-state index in [4.69, 9.17) is 9.84 Å². The van der Waals surface area contributed by atoms with Gasteiger partial charge in [-0.3, -0.25) is 0 Å². The summed E-state index contributed by atoms with van der Waals surface area (Å²) in [5.41, 5.74) is 0. The SMILES string of the molecule is O=C(O)C1COCCN1C(=O)NCc1ccc(Br)s1. The Morgan fingerprint density at radius 3 is 3.00 bits per heavy atom. The molecule has 0 spiro atoms. The summed E-state index contributed by atoms with van der Waals surface area (Å²) in [5.74, 6) is -1.05. The van der Waals surface area contributed by atoms with Gasteiger partial charge in [-0.1, -0.05) is 0 Å². The van der Waals surface area contributed by atoms with Gasteiger partial charge in [0, 0.05) is 11.4 Å². The third-order valence-electron chi connectivity index (χ3n) is 2.72. The molecule has 19 heavy (non-hydrogen) atoms. The third kappa shape index (κ3) is 3.68. The first-order chi connectivity index (χ1) is 9.08. The van der Waals surface area contributed by atoms with Crippen molar-refractivity contribution in [1.82, 2.24) is 10.2 Å². The summed E-state index contributed by atoms with van der Waals surface area (Å²) in [6.07, 6.45) is 0. The lowest BCUT2D eigenvalue weighted by Gasteiger charge is -2.32. The van der Waals surface area contributed by atoms with Crippen LogP contribution in [0.25, 0.3) is 0 Å². The van der Waals surface area contributed by atoms with Gasteiger partial charge < -0.3 is 20.1 Å². The largest absolute Gasteiger partial charge is 0.480 e. The Labute approximate surface area is 122 Å². The molecular weight excluding hydrogens is 336 g/mol. The minimum absolute atomic E-state index is 0.0350.